The summed E-state index contributed by atoms with van der Waals surface area (Å²) in [5.74, 6) is 0.0785. The van der Waals surface area contributed by atoms with Crippen molar-refractivity contribution in [1.82, 2.24) is 10.2 Å². The summed E-state index contributed by atoms with van der Waals surface area (Å²) in [7, 11) is 3.47. The number of nitrogens with one attached hydrogen (secondary N) is 1. The molecule has 19 heavy (non-hydrogen) atoms. The van der Waals surface area contributed by atoms with E-state index in [1.165, 1.54) is 0 Å². The lowest BCUT2D eigenvalue weighted by atomic mass is 9.92. The van der Waals surface area contributed by atoms with E-state index in [0.717, 1.165) is 11.1 Å². The lowest BCUT2D eigenvalue weighted by molar-refractivity contribution is -0.130. The molecule has 1 aliphatic rings. The number of carbonyl (C=O) groups is 2. The van der Waals surface area contributed by atoms with Crippen LogP contribution in [0, 0.1) is 12.8 Å². The van der Waals surface area contributed by atoms with E-state index >= 15 is 0 Å². The van der Waals surface area contributed by atoms with Gasteiger partial charge in [-0.25, -0.2) is 0 Å². The molecule has 1 heterocycles. The van der Waals surface area contributed by atoms with Gasteiger partial charge in [0.25, 0.3) is 0 Å². The van der Waals surface area contributed by atoms with Crippen molar-refractivity contribution in [3.63, 3.8) is 0 Å². The molecule has 1 aromatic rings. The highest BCUT2D eigenvalue weighted by atomic mass is 16.2. The van der Waals surface area contributed by atoms with Gasteiger partial charge < -0.3 is 10.2 Å². The molecule has 0 saturated carbocycles. The third-order valence-corrected chi connectivity index (χ3v) is 3.65. The molecule has 1 saturated heterocycles. The van der Waals surface area contributed by atoms with Gasteiger partial charge in [0.05, 0.1) is 6.04 Å². The van der Waals surface area contributed by atoms with Crippen molar-refractivity contribution < 1.29 is 9.59 Å². The SMILES string of the molecule is Cc1ccccc1C(=O)C1CNC(C(=O)N(C)C)C1. The number of Topliss-reactive ketones (excluding diaryl/α,β-unsaturated/α-hetero) is 1. The zero-order chi connectivity index (χ0) is 14.0. The van der Waals surface area contributed by atoms with Crippen molar-refractivity contribution in [3.8, 4) is 0 Å². The van der Waals surface area contributed by atoms with E-state index in [1.807, 2.05) is 31.2 Å². The van der Waals surface area contributed by atoms with E-state index in [2.05, 4.69) is 5.32 Å². The second-order valence-electron chi connectivity index (χ2n) is 5.31. The molecule has 2 rings (SSSR count). The fourth-order valence-electron chi connectivity index (χ4n) is 2.50. The van der Waals surface area contributed by atoms with Crippen LogP contribution in [0.2, 0.25) is 0 Å². The minimum Gasteiger partial charge on any atom is -0.347 e. The molecule has 4 nitrogen and oxygen atoms in total. The van der Waals surface area contributed by atoms with E-state index in [0.29, 0.717) is 13.0 Å². The number of amides is 1. The molecule has 0 aromatic heterocycles. The van der Waals surface area contributed by atoms with Crippen molar-refractivity contribution in [2.45, 2.75) is 19.4 Å². The van der Waals surface area contributed by atoms with Crippen LogP contribution in [0.15, 0.2) is 24.3 Å². The number of hydrogen-bond donors (Lipinski definition) is 1. The van der Waals surface area contributed by atoms with Gasteiger partial charge in [0.1, 0.15) is 0 Å². The molecule has 2 atom stereocenters. The standard InChI is InChI=1S/C15H20N2O2/c1-10-6-4-5-7-12(10)14(18)11-8-13(16-9-11)15(19)17(2)3/h4-7,11,13,16H,8-9H2,1-3H3. The second-order valence-corrected chi connectivity index (χ2v) is 5.31. The molecule has 4 heteroatoms. The summed E-state index contributed by atoms with van der Waals surface area (Å²) < 4.78 is 0. The van der Waals surface area contributed by atoms with Crippen LogP contribution in [0.25, 0.3) is 0 Å². The smallest absolute Gasteiger partial charge is 0.239 e. The second kappa shape index (κ2) is 5.53. The van der Waals surface area contributed by atoms with Gasteiger partial charge >= 0.3 is 0 Å². The van der Waals surface area contributed by atoms with E-state index in [9.17, 15) is 9.59 Å². The van der Waals surface area contributed by atoms with E-state index < -0.39 is 0 Å². The molecule has 2 unspecified atom stereocenters. The minimum absolute atomic E-state index is 0.0417. The Labute approximate surface area is 113 Å². The quantitative estimate of drug-likeness (QED) is 0.832. The van der Waals surface area contributed by atoms with Gasteiger partial charge in [-0.3, -0.25) is 9.59 Å². The largest absolute Gasteiger partial charge is 0.347 e. The number of rotatable bonds is 3. The Morgan fingerprint density at radius 2 is 1.95 bits per heavy atom. The monoisotopic (exact) mass is 260 g/mol. The summed E-state index contributed by atoms with van der Waals surface area (Å²) in [5.41, 5.74) is 1.77. The molecule has 0 aliphatic carbocycles. The highest BCUT2D eigenvalue weighted by Crippen LogP contribution is 2.21. The zero-order valence-corrected chi connectivity index (χ0v) is 11.6. The molecular formula is C15H20N2O2. The fraction of sp³-hybridized carbons (Fsp3) is 0.467. The van der Waals surface area contributed by atoms with Crippen LogP contribution in [0.4, 0.5) is 0 Å². The maximum atomic E-state index is 12.4. The summed E-state index contributed by atoms with van der Waals surface area (Å²) in [6, 6.07) is 7.38. The van der Waals surface area contributed by atoms with Crippen LogP contribution in [-0.4, -0.2) is 43.3 Å². The van der Waals surface area contributed by atoms with E-state index in [4.69, 9.17) is 0 Å². The highest BCUT2D eigenvalue weighted by Gasteiger charge is 2.34. The van der Waals surface area contributed by atoms with Crippen molar-refractivity contribution in [2.75, 3.05) is 20.6 Å². The average Bonchev–Trinajstić information content (AvgIpc) is 2.87. The highest BCUT2D eigenvalue weighted by molar-refractivity contribution is 6.00. The Morgan fingerprint density at radius 1 is 1.26 bits per heavy atom. The van der Waals surface area contributed by atoms with Gasteiger partial charge in [-0.05, 0) is 18.9 Å². The van der Waals surface area contributed by atoms with Crippen LogP contribution >= 0.6 is 0 Å². The topological polar surface area (TPSA) is 49.4 Å². The van der Waals surface area contributed by atoms with Crippen molar-refractivity contribution in [1.29, 1.82) is 0 Å². The Hall–Kier alpha value is -1.68. The maximum Gasteiger partial charge on any atom is 0.239 e. The first-order valence-electron chi connectivity index (χ1n) is 6.55. The molecule has 1 aromatic carbocycles. The van der Waals surface area contributed by atoms with Crippen molar-refractivity contribution >= 4 is 11.7 Å². The molecule has 0 spiro atoms. The number of benzene rings is 1. The number of aryl methyl sites for hydroxylation is 1. The maximum absolute atomic E-state index is 12.4. The third kappa shape index (κ3) is 2.84. The van der Waals surface area contributed by atoms with Crippen molar-refractivity contribution in [3.05, 3.63) is 35.4 Å². The molecule has 1 N–H and O–H groups in total. The Balaban J connectivity index is 2.07. The first kappa shape index (κ1) is 13.7. The van der Waals surface area contributed by atoms with Gasteiger partial charge in [-0.1, -0.05) is 24.3 Å². The molecular weight excluding hydrogens is 240 g/mol. The van der Waals surface area contributed by atoms with E-state index in [1.54, 1.807) is 19.0 Å². The first-order valence-corrected chi connectivity index (χ1v) is 6.55. The number of likely N-dealkylation sites (N-methyl/N-ethyl adjacent to an activating group) is 1. The van der Waals surface area contributed by atoms with Gasteiger partial charge in [-0.15, -0.1) is 0 Å². The summed E-state index contributed by atoms with van der Waals surface area (Å²) in [6.07, 6.45) is 0.587. The Morgan fingerprint density at radius 3 is 2.58 bits per heavy atom. The minimum atomic E-state index is -0.229. The van der Waals surface area contributed by atoms with Crippen LogP contribution in [0.5, 0.6) is 0 Å². The summed E-state index contributed by atoms with van der Waals surface area (Å²) in [6.45, 7) is 2.52. The first-order chi connectivity index (χ1) is 9.00. The van der Waals surface area contributed by atoms with Crippen molar-refractivity contribution in [2.24, 2.45) is 5.92 Å². The van der Waals surface area contributed by atoms with Gasteiger partial charge in [0.15, 0.2) is 5.78 Å². The number of carbonyl (C=O) groups excluding carboxylic acids is 2. The molecule has 1 amide bonds. The summed E-state index contributed by atoms with van der Waals surface area (Å²) >= 11 is 0. The molecule has 102 valence electrons. The Bertz CT molecular complexity index is 497. The van der Waals surface area contributed by atoms with Crippen LogP contribution in [0.3, 0.4) is 0 Å². The van der Waals surface area contributed by atoms with Gasteiger partial charge in [-0.2, -0.15) is 0 Å². The zero-order valence-electron chi connectivity index (χ0n) is 11.6. The molecule has 0 bridgehead atoms. The van der Waals surface area contributed by atoms with Gasteiger partial charge in [0, 0.05) is 32.1 Å². The third-order valence-electron chi connectivity index (χ3n) is 3.65. The lowest BCUT2D eigenvalue weighted by Gasteiger charge is -2.16. The molecule has 1 fully saturated rings. The Kier molecular flexibility index (Phi) is 4.00. The number of ketones is 1. The molecule has 1 aliphatic heterocycles. The summed E-state index contributed by atoms with van der Waals surface area (Å²) in [5, 5.41) is 3.15. The predicted octanol–water partition coefficient (Wildman–Crippen LogP) is 1.24. The summed E-state index contributed by atoms with van der Waals surface area (Å²) in [4.78, 5) is 25.9. The van der Waals surface area contributed by atoms with Gasteiger partial charge in [0.2, 0.25) is 5.91 Å². The normalized spacial score (nSPS) is 22.3. The number of hydrogen-bond acceptors (Lipinski definition) is 3. The fourth-order valence-corrected chi connectivity index (χ4v) is 2.50. The average molecular weight is 260 g/mol. The lowest BCUT2D eigenvalue weighted by Crippen LogP contribution is -2.39. The van der Waals surface area contributed by atoms with Crippen LogP contribution in [-0.2, 0) is 4.79 Å². The van der Waals surface area contributed by atoms with Crippen LogP contribution < -0.4 is 5.32 Å². The molecule has 0 radical (unpaired) electrons. The van der Waals surface area contributed by atoms with Crippen LogP contribution in [0.1, 0.15) is 22.3 Å². The van der Waals surface area contributed by atoms with E-state index in [-0.39, 0.29) is 23.7 Å². The number of nitrogens with zero attached hydrogens (tertiary/aromatic N) is 1. The predicted molar refractivity (Wildman–Crippen MR) is 74.1 cm³/mol.